The van der Waals surface area contributed by atoms with Gasteiger partial charge in [0.2, 0.25) is 0 Å². The lowest BCUT2D eigenvalue weighted by Crippen LogP contribution is -2.09. The molecule has 26 heavy (non-hydrogen) atoms. The Hall–Kier alpha value is -2.96. The Morgan fingerprint density at radius 1 is 1.12 bits per heavy atom. The largest absolute Gasteiger partial charge is 0.356 e. The molecule has 2 N–H and O–H groups in total. The van der Waals surface area contributed by atoms with Crippen LogP contribution in [-0.2, 0) is 6.42 Å². The second-order valence-electron chi connectivity index (χ2n) is 7.00. The highest BCUT2D eigenvalue weighted by molar-refractivity contribution is 5.88. The first kappa shape index (κ1) is 15.3. The lowest BCUT2D eigenvalue weighted by atomic mass is 9.86. The van der Waals surface area contributed by atoms with E-state index in [2.05, 4.69) is 36.7 Å². The van der Waals surface area contributed by atoms with Crippen molar-refractivity contribution in [3.8, 4) is 0 Å². The Morgan fingerprint density at radius 2 is 2.00 bits per heavy atom. The summed E-state index contributed by atoms with van der Waals surface area (Å²) in [5, 5.41) is 15.8. The third-order valence-corrected chi connectivity index (χ3v) is 5.21. The van der Waals surface area contributed by atoms with Crippen molar-refractivity contribution in [1.29, 1.82) is 0 Å². The molecule has 1 fully saturated rings. The molecule has 3 heterocycles. The van der Waals surface area contributed by atoms with Gasteiger partial charge < -0.3 is 9.84 Å². The third kappa shape index (κ3) is 2.79. The molecule has 1 aliphatic carbocycles. The molecule has 5 rings (SSSR count). The number of rotatable bonds is 4. The molecule has 3 aromatic heterocycles. The molecule has 0 saturated heterocycles. The predicted octanol–water partition coefficient (Wildman–Crippen LogP) is 4.36. The van der Waals surface area contributed by atoms with Gasteiger partial charge >= 0.3 is 0 Å². The van der Waals surface area contributed by atoms with Crippen molar-refractivity contribution < 1.29 is 4.52 Å². The number of fused-ring (bicyclic) bond motifs is 2. The molecule has 1 aliphatic rings. The molecule has 7 heteroatoms. The van der Waals surface area contributed by atoms with E-state index >= 15 is 0 Å². The number of H-pyrrole nitrogens is 1. The van der Waals surface area contributed by atoms with E-state index in [1.54, 1.807) is 12.4 Å². The zero-order valence-electron chi connectivity index (χ0n) is 14.4. The second-order valence-corrected chi connectivity index (χ2v) is 7.00. The third-order valence-electron chi connectivity index (χ3n) is 5.21. The lowest BCUT2D eigenvalue weighted by molar-refractivity contribution is 0.346. The van der Waals surface area contributed by atoms with Gasteiger partial charge in [-0.05, 0) is 24.5 Å². The monoisotopic (exact) mass is 348 g/mol. The number of aromatic nitrogens is 5. The molecule has 0 bridgehead atoms. The van der Waals surface area contributed by atoms with Gasteiger partial charge in [-0.2, -0.15) is 5.10 Å². The molecule has 0 unspecified atom stereocenters. The first-order chi connectivity index (χ1) is 12.9. The van der Waals surface area contributed by atoms with Crippen LogP contribution in [0.5, 0.6) is 0 Å². The van der Waals surface area contributed by atoms with Crippen LogP contribution >= 0.6 is 0 Å². The van der Waals surface area contributed by atoms with Crippen molar-refractivity contribution in [2.75, 3.05) is 5.32 Å². The first-order valence-corrected chi connectivity index (χ1v) is 9.17. The van der Waals surface area contributed by atoms with Crippen LogP contribution in [0.2, 0.25) is 0 Å². The maximum absolute atomic E-state index is 5.59. The summed E-state index contributed by atoms with van der Waals surface area (Å²) in [6.45, 7) is 0. The standard InChI is InChI=1S/C19H20N6O/c1-2-4-12(5-3-1)10-15-14-7-6-13(11-16(14)26-25-15)22-19-17-18(23-24-19)21-9-8-20-17/h6-9,11-12H,1-5,10H2,(H2,21,22,23,24). The molecule has 1 saturated carbocycles. The number of hydrogen-bond donors (Lipinski definition) is 2. The van der Waals surface area contributed by atoms with Crippen LogP contribution in [0.3, 0.4) is 0 Å². The highest BCUT2D eigenvalue weighted by Crippen LogP contribution is 2.31. The summed E-state index contributed by atoms with van der Waals surface area (Å²) in [5.41, 5.74) is 4.13. The van der Waals surface area contributed by atoms with Crippen molar-refractivity contribution in [2.24, 2.45) is 5.92 Å². The van der Waals surface area contributed by atoms with Gasteiger partial charge in [0.1, 0.15) is 0 Å². The van der Waals surface area contributed by atoms with E-state index in [0.717, 1.165) is 34.7 Å². The number of nitrogens with zero attached hydrogens (tertiary/aromatic N) is 4. The highest BCUT2D eigenvalue weighted by Gasteiger charge is 2.18. The van der Waals surface area contributed by atoms with E-state index in [4.69, 9.17) is 4.52 Å². The van der Waals surface area contributed by atoms with Gasteiger partial charge in [0.15, 0.2) is 22.6 Å². The summed E-state index contributed by atoms with van der Waals surface area (Å²) in [6.07, 6.45) is 11.0. The minimum atomic E-state index is 0.648. The summed E-state index contributed by atoms with van der Waals surface area (Å²) in [7, 11) is 0. The van der Waals surface area contributed by atoms with Crippen LogP contribution in [0.4, 0.5) is 11.5 Å². The van der Waals surface area contributed by atoms with Crippen LogP contribution in [0.1, 0.15) is 37.8 Å². The molecular weight excluding hydrogens is 328 g/mol. The minimum Gasteiger partial charge on any atom is -0.356 e. The van der Waals surface area contributed by atoms with Crippen molar-refractivity contribution >= 4 is 33.6 Å². The fourth-order valence-corrected chi connectivity index (χ4v) is 3.86. The van der Waals surface area contributed by atoms with Crippen LogP contribution in [0.25, 0.3) is 22.1 Å². The Labute approximate surface area is 150 Å². The Morgan fingerprint density at radius 3 is 2.92 bits per heavy atom. The molecule has 4 aromatic rings. The molecular formula is C19H20N6O. The summed E-state index contributed by atoms with van der Waals surface area (Å²) >= 11 is 0. The summed E-state index contributed by atoms with van der Waals surface area (Å²) in [5.74, 6) is 1.39. The number of aromatic amines is 1. The minimum absolute atomic E-state index is 0.648. The van der Waals surface area contributed by atoms with Crippen molar-refractivity contribution in [3.63, 3.8) is 0 Å². The fourth-order valence-electron chi connectivity index (χ4n) is 3.86. The smallest absolute Gasteiger partial charge is 0.180 e. The number of nitrogens with one attached hydrogen (secondary N) is 2. The zero-order valence-corrected chi connectivity index (χ0v) is 14.4. The van der Waals surface area contributed by atoms with Gasteiger partial charge in [-0.15, -0.1) is 0 Å². The van der Waals surface area contributed by atoms with Crippen molar-refractivity contribution in [2.45, 2.75) is 38.5 Å². The van der Waals surface area contributed by atoms with Crippen LogP contribution in [0, 0.1) is 5.92 Å². The van der Waals surface area contributed by atoms with E-state index in [-0.39, 0.29) is 0 Å². The molecule has 7 nitrogen and oxygen atoms in total. The van der Waals surface area contributed by atoms with Gasteiger partial charge in [-0.1, -0.05) is 37.3 Å². The maximum atomic E-state index is 5.59. The van der Waals surface area contributed by atoms with Crippen LogP contribution < -0.4 is 5.32 Å². The predicted molar refractivity (Wildman–Crippen MR) is 99.3 cm³/mol. The molecule has 0 amide bonds. The molecule has 0 spiro atoms. The summed E-state index contributed by atoms with van der Waals surface area (Å²) in [4.78, 5) is 8.52. The average Bonchev–Trinajstić information content (AvgIpc) is 3.27. The molecule has 0 aliphatic heterocycles. The SMILES string of the molecule is c1cnc2c(Nc3ccc4c(CC5CCCCC5)noc4c3)n[nH]c2n1. The van der Waals surface area contributed by atoms with E-state index in [1.165, 1.54) is 32.1 Å². The normalized spacial score (nSPS) is 15.7. The molecule has 132 valence electrons. The lowest BCUT2D eigenvalue weighted by Gasteiger charge is -2.20. The average molecular weight is 348 g/mol. The van der Waals surface area contributed by atoms with E-state index in [9.17, 15) is 0 Å². The van der Waals surface area contributed by atoms with Crippen molar-refractivity contribution in [1.82, 2.24) is 25.3 Å². The Balaban J connectivity index is 1.40. The van der Waals surface area contributed by atoms with Crippen LogP contribution in [0.15, 0.2) is 35.1 Å². The Kier molecular flexibility index (Phi) is 3.77. The van der Waals surface area contributed by atoms with Crippen molar-refractivity contribution in [3.05, 3.63) is 36.3 Å². The molecule has 1 aromatic carbocycles. The molecule has 0 atom stereocenters. The van der Waals surface area contributed by atoms with Gasteiger partial charge in [0, 0.05) is 29.5 Å². The zero-order chi connectivity index (χ0) is 17.3. The highest BCUT2D eigenvalue weighted by atomic mass is 16.5. The van der Waals surface area contributed by atoms with Gasteiger partial charge in [0.25, 0.3) is 0 Å². The summed E-state index contributed by atoms with van der Waals surface area (Å²) < 4.78 is 5.59. The fraction of sp³-hybridized carbons (Fsp3) is 0.368. The second kappa shape index (κ2) is 6.40. The summed E-state index contributed by atoms with van der Waals surface area (Å²) in [6, 6.07) is 6.07. The van der Waals surface area contributed by atoms with E-state index in [0.29, 0.717) is 17.0 Å². The van der Waals surface area contributed by atoms with Gasteiger partial charge in [0.05, 0.1) is 5.69 Å². The van der Waals surface area contributed by atoms with Gasteiger partial charge in [-0.25, -0.2) is 9.97 Å². The maximum Gasteiger partial charge on any atom is 0.180 e. The van der Waals surface area contributed by atoms with E-state index in [1.807, 2.05) is 12.1 Å². The first-order valence-electron chi connectivity index (χ1n) is 9.17. The molecule has 0 radical (unpaired) electrons. The number of benzene rings is 1. The number of hydrogen-bond acceptors (Lipinski definition) is 6. The topological polar surface area (TPSA) is 92.5 Å². The van der Waals surface area contributed by atoms with Crippen LogP contribution in [-0.4, -0.2) is 25.3 Å². The van der Waals surface area contributed by atoms with E-state index < -0.39 is 0 Å². The Bertz CT molecular complexity index is 1050. The quantitative estimate of drug-likeness (QED) is 0.569. The number of anilines is 2. The van der Waals surface area contributed by atoms with Gasteiger partial charge in [-0.3, -0.25) is 5.10 Å².